The van der Waals surface area contributed by atoms with E-state index in [0.29, 0.717) is 27.9 Å². The van der Waals surface area contributed by atoms with Crippen molar-refractivity contribution in [2.24, 2.45) is 7.05 Å². The van der Waals surface area contributed by atoms with Gasteiger partial charge < -0.3 is 18.3 Å². The molecule has 4 aromatic rings. The predicted octanol–water partition coefficient (Wildman–Crippen LogP) is 1.83. The first-order chi connectivity index (χ1) is 13.0. The minimum atomic E-state index is -0.379. The zero-order valence-electron chi connectivity index (χ0n) is 15.0. The maximum atomic E-state index is 12.4. The molecule has 0 aliphatic carbocycles. The van der Waals surface area contributed by atoms with Gasteiger partial charge in [-0.3, -0.25) is 14.9 Å². The molecule has 0 radical (unpaired) electrons. The highest BCUT2D eigenvalue weighted by Gasteiger charge is 2.15. The van der Waals surface area contributed by atoms with E-state index < -0.39 is 0 Å². The molecule has 0 aliphatic rings. The molecule has 1 amide bonds. The third-order valence-electron chi connectivity index (χ3n) is 4.31. The lowest BCUT2D eigenvalue weighted by Crippen LogP contribution is -2.23. The summed E-state index contributed by atoms with van der Waals surface area (Å²) in [7, 11) is 3.23. The molecule has 0 saturated carbocycles. The second-order valence-corrected chi connectivity index (χ2v) is 6.19. The van der Waals surface area contributed by atoms with Gasteiger partial charge in [0.25, 0.3) is 5.56 Å². The van der Waals surface area contributed by atoms with E-state index in [2.05, 4.69) is 15.3 Å². The number of amides is 1. The maximum absolute atomic E-state index is 12.4. The van der Waals surface area contributed by atoms with Gasteiger partial charge >= 0.3 is 6.01 Å². The van der Waals surface area contributed by atoms with Crippen LogP contribution in [0.1, 0.15) is 5.56 Å². The molecular weight excluding hydrogens is 350 g/mol. The second kappa shape index (κ2) is 6.27. The standard InChI is InChI=1S/C18H17N5O4/c1-10-6-14-12(7-13(10)26-3)20-18(27-14)21-15(24)8-23-9-19-11-4-5-22(2)17(25)16(11)23/h4-7,9H,8H2,1-3H3,(H,20,21,24). The number of benzene rings is 1. The molecule has 0 bridgehead atoms. The summed E-state index contributed by atoms with van der Waals surface area (Å²) in [6, 6.07) is 5.35. The van der Waals surface area contributed by atoms with Gasteiger partial charge in [-0.15, -0.1) is 0 Å². The van der Waals surface area contributed by atoms with Gasteiger partial charge in [0, 0.05) is 19.3 Å². The van der Waals surface area contributed by atoms with Crippen LogP contribution < -0.4 is 15.6 Å². The summed E-state index contributed by atoms with van der Waals surface area (Å²) < 4.78 is 13.8. The Morgan fingerprint density at radius 2 is 2.15 bits per heavy atom. The number of fused-ring (bicyclic) bond motifs is 2. The summed E-state index contributed by atoms with van der Waals surface area (Å²) in [6.45, 7) is 1.81. The molecule has 9 nitrogen and oxygen atoms in total. The normalized spacial score (nSPS) is 11.2. The molecule has 0 spiro atoms. The van der Waals surface area contributed by atoms with Crippen molar-refractivity contribution in [1.82, 2.24) is 19.1 Å². The molecule has 27 heavy (non-hydrogen) atoms. The minimum Gasteiger partial charge on any atom is -0.496 e. The summed E-state index contributed by atoms with van der Waals surface area (Å²) >= 11 is 0. The summed E-state index contributed by atoms with van der Waals surface area (Å²) in [4.78, 5) is 33.1. The average molecular weight is 367 g/mol. The van der Waals surface area contributed by atoms with Gasteiger partial charge in [0.1, 0.15) is 23.3 Å². The Morgan fingerprint density at radius 1 is 1.33 bits per heavy atom. The number of methoxy groups -OCH3 is 1. The Kier molecular flexibility index (Phi) is 3.91. The third kappa shape index (κ3) is 2.92. The van der Waals surface area contributed by atoms with Gasteiger partial charge in [-0.1, -0.05) is 0 Å². The largest absolute Gasteiger partial charge is 0.496 e. The molecule has 0 unspecified atom stereocenters. The van der Waals surface area contributed by atoms with Crippen LogP contribution in [0.5, 0.6) is 5.75 Å². The second-order valence-electron chi connectivity index (χ2n) is 6.19. The van der Waals surface area contributed by atoms with Gasteiger partial charge in [0.05, 0.1) is 19.0 Å². The van der Waals surface area contributed by atoms with Crippen molar-refractivity contribution >= 4 is 34.1 Å². The topological polar surface area (TPSA) is 104 Å². The van der Waals surface area contributed by atoms with Crippen molar-refractivity contribution in [2.45, 2.75) is 13.5 Å². The number of nitrogens with one attached hydrogen (secondary N) is 1. The summed E-state index contributed by atoms with van der Waals surface area (Å²) in [6.07, 6.45) is 3.10. The fourth-order valence-corrected chi connectivity index (χ4v) is 2.93. The van der Waals surface area contributed by atoms with E-state index in [1.807, 2.05) is 6.92 Å². The number of pyridine rings is 1. The summed E-state index contributed by atoms with van der Waals surface area (Å²) in [5, 5.41) is 2.61. The van der Waals surface area contributed by atoms with E-state index in [-0.39, 0.29) is 24.0 Å². The monoisotopic (exact) mass is 367 g/mol. The van der Waals surface area contributed by atoms with Crippen LogP contribution in [0.25, 0.3) is 22.1 Å². The number of rotatable bonds is 4. The fourth-order valence-electron chi connectivity index (χ4n) is 2.93. The molecule has 3 aromatic heterocycles. The first kappa shape index (κ1) is 16.8. The van der Waals surface area contributed by atoms with E-state index >= 15 is 0 Å². The Morgan fingerprint density at radius 3 is 2.93 bits per heavy atom. The van der Waals surface area contributed by atoms with Crippen LogP contribution in [0.3, 0.4) is 0 Å². The van der Waals surface area contributed by atoms with Crippen LogP contribution in [0.2, 0.25) is 0 Å². The fraction of sp³-hybridized carbons (Fsp3) is 0.222. The highest BCUT2D eigenvalue weighted by Crippen LogP contribution is 2.27. The lowest BCUT2D eigenvalue weighted by molar-refractivity contribution is -0.116. The van der Waals surface area contributed by atoms with Crippen molar-refractivity contribution in [3.05, 3.63) is 46.6 Å². The number of aryl methyl sites for hydroxylation is 2. The van der Waals surface area contributed by atoms with Crippen molar-refractivity contribution in [3.63, 3.8) is 0 Å². The smallest absolute Gasteiger partial charge is 0.302 e. The Hall–Kier alpha value is -3.62. The van der Waals surface area contributed by atoms with E-state index in [1.165, 1.54) is 15.5 Å². The van der Waals surface area contributed by atoms with Crippen LogP contribution in [0.4, 0.5) is 6.01 Å². The molecule has 1 aromatic carbocycles. The molecule has 138 valence electrons. The van der Waals surface area contributed by atoms with E-state index in [9.17, 15) is 9.59 Å². The van der Waals surface area contributed by atoms with Gasteiger partial charge in [-0.2, -0.15) is 4.98 Å². The number of aromatic nitrogens is 4. The zero-order chi connectivity index (χ0) is 19.1. The third-order valence-corrected chi connectivity index (χ3v) is 4.31. The van der Waals surface area contributed by atoms with Crippen LogP contribution >= 0.6 is 0 Å². The molecular formula is C18H17N5O4. The molecule has 3 heterocycles. The molecule has 9 heteroatoms. The Balaban J connectivity index is 1.59. The van der Waals surface area contributed by atoms with Crippen LogP contribution in [-0.4, -0.2) is 32.1 Å². The minimum absolute atomic E-state index is 0.0833. The van der Waals surface area contributed by atoms with Crippen LogP contribution in [0.15, 0.2) is 39.9 Å². The molecule has 0 saturated heterocycles. The lowest BCUT2D eigenvalue weighted by Gasteiger charge is -2.04. The molecule has 4 rings (SSSR count). The number of hydrogen-bond donors (Lipinski definition) is 1. The highest BCUT2D eigenvalue weighted by atomic mass is 16.5. The van der Waals surface area contributed by atoms with Crippen molar-refractivity contribution in [2.75, 3.05) is 12.4 Å². The summed E-state index contributed by atoms with van der Waals surface area (Å²) in [5.74, 6) is 0.310. The highest BCUT2D eigenvalue weighted by molar-refractivity contribution is 5.91. The summed E-state index contributed by atoms with van der Waals surface area (Å²) in [5.41, 5.74) is 2.71. The van der Waals surface area contributed by atoms with Crippen molar-refractivity contribution in [3.8, 4) is 5.75 Å². The van der Waals surface area contributed by atoms with Crippen LogP contribution in [0, 0.1) is 6.92 Å². The predicted molar refractivity (Wildman–Crippen MR) is 98.9 cm³/mol. The van der Waals surface area contributed by atoms with Gasteiger partial charge in [-0.25, -0.2) is 4.98 Å². The number of nitrogens with zero attached hydrogens (tertiary/aromatic N) is 4. The molecule has 0 aliphatic heterocycles. The van der Waals surface area contributed by atoms with Crippen molar-refractivity contribution < 1.29 is 13.9 Å². The number of hydrogen-bond acceptors (Lipinski definition) is 6. The zero-order valence-corrected chi connectivity index (χ0v) is 15.0. The number of carbonyl (C=O) groups excluding carboxylic acids is 1. The Bertz CT molecular complexity index is 1230. The lowest BCUT2D eigenvalue weighted by atomic mass is 10.2. The quantitative estimate of drug-likeness (QED) is 0.590. The van der Waals surface area contributed by atoms with E-state index in [0.717, 1.165) is 5.56 Å². The first-order valence-electron chi connectivity index (χ1n) is 8.22. The number of oxazole rings is 1. The number of imidazole rings is 1. The van der Waals surface area contributed by atoms with Crippen molar-refractivity contribution in [1.29, 1.82) is 0 Å². The first-order valence-corrected chi connectivity index (χ1v) is 8.22. The van der Waals surface area contributed by atoms with Gasteiger partial charge in [0.2, 0.25) is 5.91 Å². The average Bonchev–Trinajstić information content (AvgIpc) is 3.20. The number of carbonyl (C=O) groups is 1. The Labute approximate surface area is 153 Å². The molecule has 0 atom stereocenters. The molecule has 0 fully saturated rings. The van der Waals surface area contributed by atoms with Gasteiger partial charge in [-0.05, 0) is 24.6 Å². The maximum Gasteiger partial charge on any atom is 0.302 e. The van der Waals surface area contributed by atoms with Gasteiger partial charge in [0.15, 0.2) is 5.58 Å². The SMILES string of the molecule is COc1cc2nc(NC(=O)Cn3cnc4ccn(C)c(=O)c43)oc2cc1C. The number of anilines is 1. The van der Waals surface area contributed by atoms with Crippen LogP contribution in [-0.2, 0) is 18.4 Å². The molecule has 1 N–H and O–H groups in total. The van der Waals surface area contributed by atoms with E-state index in [4.69, 9.17) is 9.15 Å². The number of ether oxygens (including phenoxy) is 1. The van der Waals surface area contributed by atoms with E-state index in [1.54, 1.807) is 38.6 Å².